The van der Waals surface area contributed by atoms with Crippen molar-refractivity contribution in [3.8, 4) is 0 Å². The summed E-state index contributed by atoms with van der Waals surface area (Å²) in [4.78, 5) is 41.1. The summed E-state index contributed by atoms with van der Waals surface area (Å²) >= 11 is 0. The van der Waals surface area contributed by atoms with Crippen molar-refractivity contribution in [2.24, 2.45) is 16.2 Å². The zero-order valence-electron chi connectivity index (χ0n) is 23.0. The van der Waals surface area contributed by atoms with Gasteiger partial charge in [-0.1, -0.05) is 41.0 Å². The van der Waals surface area contributed by atoms with Gasteiger partial charge in [-0.25, -0.2) is 0 Å². The van der Waals surface area contributed by atoms with Crippen LogP contribution in [0.2, 0.25) is 0 Å². The highest BCUT2D eigenvalue weighted by Gasteiger charge is 2.47. The largest absolute Gasteiger partial charge is 0.469 e. The van der Waals surface area contributed by atoms with Crippen LogP contribution >= 0.6 is 0 Å². The second-order valence-electron chi connectivity index (χ2n) is 12.7. The van der Waals surface area contributed by atoms with Gasteiger partial charge in [-0.3, -0.25) is 14.4 Å². The molecular weight excluding hydrogens is 416 g/mol. The van der Waals surface area contributed by atoms with Crippen LogP contribution in [0.3, 0.4) is 0 Å². The second kappa shape index (κ2) is 11.2. The Morgan fingerprint density at radius 2 is 1.61 bits per heavy atom. The fourth-order valence-corrected chi connectivity index (χ4v) is 5.76. The molecule has 0 aliphatic carbocycles. The molecule has 3 unspecified atom stereocenters. The third-order valence-electron chi connectivity index (χ3n) is 7.10. The Bertz CT molecular complexity index is 697. The van der Waals surface area contributed by atoms with Gasteiger partial charge in [0.25, 0.3) is 0 Å². The summed E-state index contributed by atoms with van der Waals surface area (Å²) in [5, 5.41) is 3.26. The maximum atomic E-state index is 13.5. The Hall–Kier alpha value is -1.59. The fourth-order valence-electron chi connectivity index (χ4n) is 5.76. The predicted octanol–water partition coefficient (Wildman–Crippen LogP) is 5.48. The van der Waals surface area contributed by atoms with Crippen molar-refractivity contribution in [2.45, 2.75) is 125 Å². The van der Waals surface area contributed by atoms with Crippen LogP contribution in [0.15, 0.2) is 0 Å². The third-order valence-corrected chi connectivity index (χ3v) is 7.10. The number of rotatable bonds is 10. The first-order valence-corrected chi connectivity index (χ1v) is 12.7. The van der Waals surface area contributed by atoms with Gasteiger partial charge in [-0.2, -0.15) is 0 Å². The number of esters is 1. The second-order valence-corrected chi connectivity index (χ2v) is 12.7. The van der Waals surface area contributed by atoms with Gasteiger partial charge in [0.05, 0.1) is 12.5 Å². The summed E-state index contributed by atoms with van der Waals surface area (Å²) in [5.41, 5.74) is -1.90. The molecule has 3 atom stereocenters. The monoisotopic (exact) mass is 466 g/mol. The lowest BCUT2D eigenvalue weighted by molar-refractivity contribution is -0.157. The lowest BCUT2D eigenvalue weighted by Gasteiger charge is -2.42. The quantitative estimate of drug-likeness (QED) is 0.432. The Balaban J connectivity index is 3.13. The van der Waals surface area contributed by atoms with E-state index >= 15 is 0 Å². The summed E-state index contributed by atoms with van der Waals surface area (Å²) in [5.74, 6) is -0.196. The van der Waals surface area contributed by atoms with Gasteiger partial charge in [0.15, 0.2) is 0 Å². The normalized spacial score (nSPS) is 20.3. The first kappa shape index (κ1) is 29.4. The minimum Gasteiger partial charge on any atom is -0.469 e. The SMILES string of the molecule is CCC(C)(CC(C)(CC(C)N1CCCCCC1=O)C(=O)OC)C(=O)NC(C)(C)CC(C)(C)C. The Labute approximate surface area is 202 Å². The molecule has 1 fully saturated rings. The molecule has 1 saturated heterocycles. The van der Waals surface area contributed by atoms with Gasteiger partial charge >= 0.3 is 5.97 Å². The Kier molecular flexibility index (Phi) is 10.0. The third kappa shape index (κ3) is 8.60. The van der Waals surface area contributed by atoms with Crippen molar-refractivity contribution in [2.75, 3.05) is 13.7 Å². The summed E-state index contributed by atoms with van der Waals surface area (Å²) in [6.07, 6.45) is 5.82. The lowest BCUT2D eigenvalue weighted by Crippen LogP contribution is -2.53. The van der Waals surface area contributed by atoms with E-state index < -0.39 is 10.8 Å². The zero-order chi connectivity index (χ0) is 25.7. The number of methoxy groups -OCH3 is 1. The number of hydrogen-bond donors (Lipinski definition) is 1. The molecule has 1 aliphatic rings. The maximum absolute atomic E-state index is 13.5. The van der Waals surface area contributed by atoms with E-state index in [1.54, 1.807) is 0 Å². The van der Waals surface area contributed by atoms with Crippen molar-refractivity contribution in [1.82, 2.24) is 10.2 Å². The lowest BCUT2D eigenvalue weighted by atomic mass is 9.68. The molecule has 0 aromatic rings. The number of likely N-dealkylation sites (tertiary alicyclic amines) is 1. The predicted molar refractivity (Wildman–Crippen MR) is 134 cm³/mol. The summed E-state index contributed by atoms with van der Waals surface area (Å²) in [7, 11) is 1.40. The van der Waals surface area contributed by atoms with Crippen LogP contribution < -0.4 is 5.32 Å². The molecule has 1 aliphatic heterocycles. The van der Waals surface area contributed by atoms with E-state index in [0.29, 0.717) is 25.7 Å². The number of amides is 2. The molecule has 2 amide bonds. The molecule has 0 saturated carbocycles. The zero-order valence-corrected chi connectivity index (χ0v) is 23.0. The highest BCUT2D eigenvalue weighted by Crippen LogP contribution is 2.42. The first-order chi connectivity index (χ1) is 15.0. The molecule has 33 heavy (non-hydrogen) atoms. The van der Waals surface area contributed by atoms with Gasteiger partial charge in [0.1, 0.15) is 0 Å². The molecule has 0 aromatic carbocycles. The smallest absolute Gasteiger partial charge is 0.311 e. The van der Waals surface area contributed by atoms with E-state index in [0.717, 1.165) is 32.2 Å². The van der Waals surface area contributed by atoms with Gasteiger partial charge < -0.3 is 15.0 Å². The average molecular weight is 467 g/mol. The summed E-state index contributed by atoms with van der Waals surface area (Å²) in [6.45, 7) is 19.2. The highest BCUT2D eigenvalue weighted by molar-refractivity contribution is 5.85. The van der Waals surface area contributed by atoms with Crippen molar-refractivity contribution in [1.29, 1.82) is 0 Å². The summed E-state index contributed by atoms with van der Waals surface area (Å²) < 4.78 is 5.22. The van der Waals surface area contributed by atoms with Gasteiger partial charge in [-0.15, -0.1) is 0 Å². The molecule has 0 aromatic heterocycles. The van der Waals surface area contributed by atoms with Crippen molar-refractivity contribution < 1.29 is 19.1 Å². The molecule has 6 nitrogen and oxygen atoms in total. The van der Waals surface area contributed by atoms with Gasteiger partial charge in [-0.05, 0) is 71.6 Å². The summed E-state index contributed by atoms with van der Waals surface area (Å²) in [6, 6.07) is -0.0961. The molecule has 1 N–H and O–H groups in total. The van der Waals surface area contributed by atoms with E-state index in [9.17, 15) is 14.4 Å². The van der Waals surface area contributed by atoms with Crippen molar-refractivity contribution >= 4 is 17.8 Å². The first-order valence-electron chi connectivity index (χ1n) is 12.7. The minimum atomic E-state index is -0.878. The van der Waals surface area contributed by atoms with E-state index in [4.69, 9.17) is 4.74 Å². The van der Waals surface area contributed by atoms with E-state index in [2.05, 4.69) is 39.9 Å². The molecule has 0 radical (unpaired) electrons. The van der Waals surface area contributed by atoms with Crippen LogP contribution in [0.25, 0.3) is 0 Å². The van der Waals surface area contributed by atoms with Crippen molar-refractivity contribution in [3.63, 3.8) is 0 Å². The maximum Gasteiger partial charge on any atom is 0.311 e. The van der Waals surface area contributed by atoms with Gasteiger partial charge in [0, 0.05) is 30.0 Å². The van der Waals surface area contributed by atoms with Crippen LogP contribution in [0, 0.1) is 16.2 Å². The van der Waals surface area contributed by atoms with Crippen LogP contribution in [0.4, 0.5) is 0 Å². The van der Waals surface area contributed by atoms with Crippen LogP contribution in [-0.2, 0) is 19.1 Å². The number of nitrogens with zero attached hydrogens (tertiary/aromatic N) is 1. The number of ether oxygens (including phenoxy) is 1. The van der Waals surface area contributed by atoms with Crippen LogP contribution in [0.1, 0.15) is 114 Å². The molecule has 1 heterocycles. The highest BCUT2D eigenvalue weighted by atomic mass is 16.5. The topological polar surface area (TPSA) is 75.7 Å². The Morgan fingerprint density at radius 3 is 2.12 bits per heavy atom. The number of carbonyl (C=O) groups is 3. The fraction of sp³-hybridized carbons (Fsp3) is 0.889. The minimum absolute atomic E-state index is 0.0344. The molecule has 0 bridgehead atoms. The molecule has 0 spiro atoms. The number of nitrogens with one attached hydrogen (secondary N) is 1. The van der Waals surface area contributed by atoms with Gasteiger partial charge in [0.2, 0.25) is 11.8 Å². The van der Waals surface area contributed by atoms with E-state index in [1.807, 2.05) is 32.6 Å². The molecular formula is C27H50N2O4. The van der Waals surface area contributed by atoms with Crippen molar-refractivity contribution in [3.05, 3.63) is 0 Å². The van der Waals surface area contributed by atoms with E-state index in [-0.39, 0.29) is 34.8 Å². The van der Waals surface area contributed by atoms with Crippen LogP contribution in [-0.4, -0.2) is 47.9 Å². The number of carbonyl (C=O) groups excluding carboxylic acids is 3. The number of hydrogen-bond acceptors (Lipinski definition) is 4. The molecule has 192 valence electrons. The van der Waals surface area contributed by atoms with E-state index in [1.165, 1.54) is 7.11 Å². The van der Waals surface area contributed by atoms with Crippen LogP contribution in [0.5, 0.6) is 0 Å². The Morgan fingerprint density at radius 1 is 1.00 bits per heavy atom. The molecule has 6 heteroatoms. The standard InChI is InChI=1S/C27H50N2O4/c1-11-26(8,22(31)28-25(6,7)18-24(3,4)5)19-27(9,23(32)33-10)17-20(2)29-16-14-12-13-15-21(29)30/h20H,11-19H2,1-10H3,(H,28,31). The average Bonchev–Trinajstić information content (AvgIpc) is 2.88. The molecule has 1 rings (SSSR count).